The van der Waals surface area contributed by atoms with Gasteiger partial charge in [0.25, 0.3) is 0 Å². The molecule has 1 rings (SSSR count). The number of halogens is 3. The van der Waals surface area contributed by atoms with Crippen LogP contribution in [-0.4, -0.2) is 14.2 Å². The van der Waals surface area contributed by atoms with Gasteiger partial charge in [0.2, 0.25) is 0 Å². The topological polar surface area (TPSA) is 44.8 Å². The Bertz CT molecular complexity index is 430. The Morgan fingerprint density at radius 1 is 1.00 bits per heavy atom. The molecule has 0 atom stereocenters. The van der Waals surface area contributed by atoms with Crippen molar-refractivity contribution in [3.63, 3.8) is 0 Å². The van der Waals surface area contributed by atoms with Crippen LogP contribution in [-0.2, 0) is 13.6 Å². The lowest BCUT2D eigenvalue weighted by Gasteiger charge is -2.15. The largest absolute Gasteiger partial charge is 0.529 e. The molecule has 0 radical (unpaired) electrons. The van der Waals surface area contributed by atoms with E-state index in [1.807, 2.05) is 0 Å². The highest BCUT2D eigenvalue weighted by Crippen LogP contribution is 2.50. The molecule has 0 aliphatic carbocycles. The number of rotatable bonds is 4. The highest BCUT2D eigenvalue weighted by atomic mass is 35.5. The van der Waals surface area contributed by atoms with E-state index in [-0.39, 0.29) is 20.8 Å². The Kier molecular flexibility index (Phi) is 4.92. The summed E-state index contributed by atoms with van der Waals surface area (Å²) in [6, 6.07) is 2.70. The molecule has 0 saturated heterocycles. The van der Waals surface area contributed by atoms with Gasteiger partial charge < -0.3 is 4.52 Å². The fraction of sp³-hybridized carbons (Fsp3) is 0.250. The summed E-state index contributed by atoms with van der Waals surface area (Å²) >= 11 is 17.3. The fourth-order valence-corrected chi connectivity index (χ4v) is 2.16. The molecule has 0 spiro atoms. The molecule has 1 aromatic rings. The van der Waals surface area contributed by atoms with Crippen molar-refractivity contribution in [2.24, 2.45) is 0 Å². The Morgan fingerprint density at radius 2 is 1.50 bits per heavy atom. The Hall–Kier alpha value is 0.0400. The molecular formula is C8H8Cl3O4P. The van der Waals surface area contributed by atoms with Gasteiger partial charge in [-0.05, 0) is 6.07 Å². The monoisotopic (exact) mass is 304 g/mol. The lowest BCUT2D eigenvalue weighted by atomic mass is 10.3. The number of phosphoric ester groups is 1. The SMILES string of the molecule is COP(=O)(OC)Oc1cc(Cl)c(Cl)cc1Cl. The summed E-state index contributed by atoms with van der Waals surface area (Å²) in [5, 5.41) is 0.646. The van der Waals surface area contributed by atoms with E-state index in [4.69, 9.17) is 39.3 Å². The van der Waals surface area contributed by atoms with E-state index in [1.165, 1.54) is 26.4 Å². The normalized spacial score (nSPS) is 11.6. The van der Waals surface area contributed by atoms with E-state index in [2.05, 4.69) is 9.05 Å². The van der Waals surface area contributed by atoms with Gasteiger partial charge in [-0.1, -0.05) is 34.8 Å². The zero-order valence-electron chi connectivity index (χ0n) is 8.37. The molecule has 8 heteroatoms. The maximum absolute atomic E-state index is 11.7. The van der Waals surface area contributed by atoms with E-state index in [9.17, 15) is 4.57 Å². The standard InChI is InChI=1S/C8H8Cl3O4P/c1-13-16(12,14-2)15-8-4-6(10)5(9)3-7(8)11/h3-4H,1-2H3. The first kappa shape index (κ1) is 14.1. The van der Waals surface area contributed by atoms with E-state index >= 15 is 0 Å². The Balaban J connectivity index is 3.06. The maximum atomic E-state index is 11.7. The molecule has 1 aromatic carbocycles. The van der Waals surface area contributed by atoms with Crippen LogP contribution in [0.5, 0.6) is 5.75 Å². The number of hydrogen-bond acceptors (Lipinski definition) is 4. The van der Waals surface area contributed by atoms with Gasteiger partial charge in [-0.3, -0.25) is 9.05 Å². The minimum atomic E-state index is -3.65. The molecule has 0 saturated carbocycles. The van der Waals surface area contributed by atoms with Crippen molar-refractivity contribution in [2.45, 2.75) is 0 Å². The fourth-order valence-electron chi connectivity index (χ4n) is 0.844. The van der Waals surface area contributed by atoms with E-state index in [0.29, 0.717) is 0 Å². The summed E-state index contributed by atoms with van der Waals surface area (Å²) in [4.78, 5) is 0. The van der Waals surface area contributed by atoms with E-state index in [1.54, 1.807) is 0 Å². The minimum Gasteiger partial charge on any atom is -0.402 e. The van der Waals surface area contributed by atoms with Crippen LogP contribution >= 0.6 is 42.6 Å². The first-order valence-corrected chi connectivity index (χ1v) is 6.57. The van der Waals surface area contributed by atoms with Crippen LogP contribution in [0, 0.1) is 0 Å². The third-order valence-electron chi connectivity index (χ3n) is 1.63. The van der Waals surface area contributed by atoms with Crippen molar-refractivity contribution in [3.05, 3.63) is 27.2 Å². The average molecular weight is 305 g/mol. The van der Waals surface area contributed by atoms with Gasteiger partial charge in [0.15, 0.2) is 5.75 Å². The maximum Gasteiger partial charge on any atom is 0.529 e. The molecule has 0 bridgehead atoms. The highest BCUT2D eigenvalue weighted by molar-refractivity contribution is 7.48. The van der Waals surface area contributed by atoms with Crippen molar-refractivity contribution >= 4 is 42.6 Å². The minimum absolute atomic E-state index is 0.0723. The molecule has 0 amide bonds. The summed E-state index contributed by atoms with van der Waals surface area (Å²) in [6.45, 7) is 0. The molecule has 0 aromatic heterocycles. The van der Waals surface area contributed by atoms with Crippen LogP contribution in [0.15, 0.2) is 12.1 Å². The summed E-state index contributed by atoms with van der Waals surface area (Å²) in [5.74, 6) is 0.0723. The predicted molar refractivity (Wildman–Crippen MR) is 63.7 cm³/mol. The first-order chi connectivity index (χ1) is 7.41. The second-order valence-electron chi connectivity index (χ2n) is 2.60. The van der Waals surface area contributed by atoms with Gasteiger partial charge in [-0.25, -0.2) is 4.57 Å². The smallest absolute Gasteiger partial charge is 0.402 e. The summed E-state index contributed by atoms with van der Waals surface area (Å²) < 4.78 is 25.9. The van der Waals surface area contributed by atoms with Gasteiger partial charge in [0.05, 0.1) is 15.1 Å². The lowest BCUT2D eigenvalue weighted by Crippen LogP contribution is -1.97. The third-order valence-corrected chi connectivity index (χ3v) is 3.96. The van der Waals surface area contributed by atoms with E-state index in [0.717, 1.165) is 0 Å². The molecule has 4 nitrogen and oxygen atoms in total. The predicted octanol–water partition coefficient (Wildman–Crippen LogP) is 4.43. The van der Waals surface area contributed by atoms with Gasteiger partial charge >= 0.3 is 7.82 Å². The van der Waals surface area contributed by atoms with Gasteiger partial charge in [-0.15, -0.1) is 0 Å². The number of hydrogen-bond donors (Lipinski definition) is 0. The molecule has 0 aliphatic heterocycles. The van der Waals surface area contributed by atoms with Crippen LogP contribution in [0.25, 0.3) is 0 Å². The second-order valence-corrected chi connectivity index (χ2v) is 5.63. The van der Waals surface area contributed by atoms with Crippen LogP contribution in [0.1, 0.15) is 0 Å². The molecule has 90 valence electrons. The van der Waals surface area contributed by atoms with E-state index < -0.39 is 7.82 Å². The van der Waals surface area contributed by atoms with Crippen LogP contribution in [0.3, 0.4) is 0 Å². The van der Waals surface area contributed by atoms with Crippen molar-refractivity contribution in [1.29, 1.82) is 0 Å². The molecule has 16 heavy (non-hydrogen) atoms. The van der Waals surface area contributed by atoms with Crippen molar-refractivity contribution in [3.8, 4) is 5.75 Å². The number of benzene rings is 1. The summed E-state index contributed by atoms with van der Waals surface area (Å²) in [5.41, 5.74) is 0. The molecule has 0 aliphatic rings. The van der Waals surface area contributed by atoms with Crippen molar-refractivity contribution in [1.82, 2.24) is 0 Å². The Labute approximate surface area is 108 Å². The third kappa shape index (κ3) is 3.27. The molecule has 0 heterocycles. The summed E-state index contributed by atoms with van der Waals surface area (Å²) in [7, 11) is -1.27. The van der Waals surface area contributed by atoms with Gasteiger partial charge in [-0.2, -0.15) is 0 Å². The van der Waals surface area contributed by atoms with Crippen LogP contribution < -0.4 is 4.52 Å². The lowest BCUT2D eigenvalue weighted by molar-refractivity contribution is 0.211. The van der Waals surface area contributed by atoms with Crippen molar-refractivity contribution in [2.75, 3.05) is 14.2 Å². The quantitative estimate of drug-likeness (QED) is 0.610. The number of phosphoric acid groups is 1. The first-order valence-electron chi connectivity index (χ1n) is 3.97. The zero-order chi connectivity index (χ0) is 12.3. The molecule has 0 N–H and O–H groups in total. The molecule has 0 fully saturated rings. The molecule has 0 unspecified atom stereocenters. The van der Waals surface area contributed by atoms with Crippen LogP contribution in [0.2, 0.25) is 15.1 Å². The highest BCUT2D eigenvalue weighted by Gasteiger charge is 2.26. The second kappa shape index (κ2) is 5.58. The average Bonchev–Trinajstić information content (AvgIpc) is 2.25. The van der Waals surface area contributed by atoms with Gasteiger partial charge in [0.1, 0.15) is 0 Å². The molecular weight excluding hydrogens is 297 g/mol. The summed E-state index contributed by atoms with van der Waals surface area (Å²) in [6.07, 6.45) is 0. The Morgan fingerprint density at radius 3 is 2.00 bits per heavy atom. The zero-order valence-corrected chi connectivity index (χ0v) is 11.5. The van der Waals surface area contributed by atoms with Gasteiger partial charge in [0, 0.05) is 20.3 Å². The van der Waals surface area contributed by atoms with Crippen molar-refractivity contribution < 1.29 is 18.1 Å². The van der Waals surface area contributed by atoms with Crippen LogP contribution in [0.4, 0.5) is 0 Å².